The molecule has 86 valence electrons. The van der Waals surface area contributed by atoms with Crippen LogP contribution in [0.1, 0.15) is 26.7 Å². The van der Waals surface area contributed by atoms with E-state index >= 15 is 0 Å². The lowest BCUT2D eigenvalue weighted by Crippen LogP contribution is -2.42. The van der Waals surface area contributed by atoms with Crippen molar-refractivity contribution in [1.29, 1.82) is 0 Å². The summed E-state index contributed by atoms with van der Waals surface area (Å²) < 4.78 is 0. The molecule has 3 unspecified atom stereocenters. The van der Waals surface area contributed by atoms with E-state index in [-0.39, 0.29) is 6.10 Å². The normalized spacial score (nSPS) is 17.8. The van der Waals surface area contributed by atoms with Gasteiger partial charge in [0.15, 0.2) is 0 Å². The van der Waals surface area contributed by atoms with Crippen LogP contribution >= 0.6 is 11.8 Å². The van der Waals surface area contributed by atoms with Gasteiger partial charge in [-0.05, 0) is 38.7 Å². The molecular weight excluding hydrogens is 196 g/mol. The van der Waals surface area contributed by atoms with Crippen molar-refractivity contribution in [2.24, 2.45) is 5.73 Å². The van der Waals surface area contributed by atoms with Gasteiger partial charge in [0.25, 0.3) is 0 Å². The van der Waals surface area contributed by atoms with E-state index in [4.69, 9.17) is 5.73 Å². The average Bonchev–Trinajstić information content (AvgIpc) is 2.10. The predicted octanol–water partition coefficient (Wildman–Crippen LogP) is 0.816. The summed E-state index contributed by atoms with van der Waals surface area (Å²) in [6, 6.07) is 0.724. The van der Waals surface area contributed by atoms with Gasteiger partial charge in [-0.15, -0.1) is 0 Å². The Morgan fingerprint density at radius 1 is 1.43 bits per heavy atom. The fourth-order valence-electron chi connectivity index (χ4n) is 1.51. The maximum absolute atomic E-state index is 9.21. The van der Waals surface area contributed by atoms with Crippen LogP contribution in [0.25, 0.3) is 0 Å². The molecule has 0 radical (unpaired) electrons. The van der Waals surface area contributed by atoms with Crippen LogP contribution in [-0.4, -0.2) is 41.8 Å². The topological polar surface area (TPSA) is 58.3 Å². The SMILES string of the molecule is CSCCC(CN)NC(C)CC(C)O. The van der Waals surface area contributed by atoms with Crippen LogP contribution in [-0.2, 0) is 0 Å². The van der Waals surface area contributed by atoms with Gasteiger partial charge in [0.05, 0.1) is 6.10 Å². The molecule has 0 saturated carbocycles. The molecule has 3 atom stereocenters. The van der Waals surface area contributed by atoms with Crippen molar-refractivity contribution in [2.75, 3.05) is 18.6 Å². The van der Waals surface area contributed by atoms with Crippen LogP contribution < -0.4 is 11.1 Å². The van der Waals surface area contributed by atoms with Crippen molar-refractivity contribution in [3.05, 3.63) is 0 Å². The lowest BCUT2D eigenvalue weighted by atomic mass is 10.1. The number of rotatable bonds is 8. The minimum atomic E-state index is -0.239. The lowest BCUT2D eigenvalue weighted by molar-refractivity contribution is 0.168. The molecular formula is C10H24N2OS. The van der Waals surface area contributed by atoms with Crippen molar-refractivity contribution in [3.63, 3.8) is 0 Å². The van der Waals surface area contributed by atoms with Crippen LogP contribution in [0.15, 0.2) is 0 Å². The minimum absolute atomic E-state index is 0.239. The first kappa shape index (κ1) is 14.2. The van der Waals surface area contributed by atoms with Gasteiger partial charge in [-0.3, -0.25) is 0 Å². The first-order valence-electron chi connectivity index (χ1n) is 5.23. The Balaban J connectivity index is 3.68. The molecule has 0 rings (SSSR count). The Morgan fingerprint density at radius 3 is 2.50 bits per heavy atom. The smallest absolute Gasteiger partial charge is 0.0526 e. The van der Waals surface area contributed by atoms with E-state index in [1.807, 2.05) is 18.7 Å². The molecule has 4 N–H and O–H groups in total. The third-order valence-electron chi connectivity index (χ3n) is 2.17. The minimum Gasteiger partial charge on any atom is -0.393 e. The molecule has 0 spiro atoms. The molecule has 0 saturated heterocycles. The van der Waals surface area contributed by atoms with E-state index in [0.29, 0.717) is 18.6 Å². The van der Waals surface area contributed by atoms with Crippen molar-refractivity contribution in [3.8, 4) is 0 Å². The number of hydrogen-bond acceptors (Lipinski definition) is 4. The first-order chi connectivity index (χ1) is 6.60. The second kappa shape index (κ2) is 8.53. The molecule has 0 bridgehead atoms. The van der Waals surface area contributed by atoms with Crippen molar-refractivity contribution in [1.82, 2.24) is 5.32 Å². The summed E-state index contributed by atoms with van der Waals surface area (Å²) in [5, 5.41) is 12.6. The summed E-state index contributed by atoms with van der Waals surface area (Å²) in [6.45, 7) is 4.58. The van der Waals surface area contributed by atoms with Crippen molar-refractivity contribution in [2.45, 2.75) is 44.9 Å². The molecule has 0 aromatic carbocycles. The molecule has 0 aliphatic rings. The number of aliphatic hydroxyl groups is 1. The Kier molecular flexibility index (Phi) is 8.67. The second-order valence-electron chi connectivity index (χ2n) is 3.87. The highest BCUT2D eigenvalue weighted by Gasteiger charge is 2.11. The van der Waals surface area contributed by atoms with Gasteiger partial charge in [-0.1, -0.05) is 0 Å². The van der Waals surface area contributed by atoms with Gasteiger partial charge in [0, 0.05) is 18.6 Å². The van der Waals surface area contributed by atoms with Crippen LogP contribution in [0.2, 0.25) is 0 Å². The summed E-state index contributed by atoms with van der Waals surface area (Å²) in [7, 11) is 0. The highest BCUT2D eigenvalue weighted by Crippen LogP contribution is 2.03. The highest BCUT2D eigenvalue weighted by molar-refractivity contribution is 7.98. The summed E-state index contributed by atoms with van der Waals surface area (Å²) in [5.74, 6) is 1.14. The van der Waals surface area contributed by atoms with E-state index < -0.39 is 0 Å². The molecule has 14 heavy (non-hydrogen) atoms. The van der Waals surface area contributed by atoms with E-state index in [9.17, 15) is 5.11 Å². The zero-order valence-electron chi connectivity index (χ0n) is 9.49. The average molecular weight is 220 g/mol. The summed E-state index contributed by atoms with van der Waals surface area (Å²) >= 11 is 1.84. The van der Waals surface area contributed by atoms with Gasteiger partial charge in [-0.2, -0.15) is 11.8 Å². The van der Waals surface area contributed by atoms with Crippen LogP contribution in [0.5, 0.6) is 0 Å². The highest BCUT2D eigenvalue weighted by atomic mass is 32.2. The summed E-state index contributed by atoms with van der Waals surface area (Å²) in [5.41, 5.74) is 5.66. The molecule has 0 aromatic rings. The molecule has 0 aromatic heterocycles. The maximum Gasteiger partial charge on any atom is 0.0526 e. The zero-order chi connectivity index (χ0) is 11.0. The molecule has 0 amide bonds. The van der Waals surface area contributed by atoms with Crippen LogP contribution in [0.3, 0.4) is 0 Å². The molecule has 0 aliphatic carbocycles. The number of nitrogens with one attached hydrogen (secondary N) is 1. The van der Waals surface area contributed by atoms with Gasteiger partial charge in [-0.25, -0.2) is 0 Å². The third kappa shape index (κ3) is 7.62. The Hall–Kier alpha value is 0.230. The van der Waals surface area contributed by atoms with Crippen molar-refractivity contribution >= 4 is 11.8 Å². The molecule has 4 heteroatoms. The zero-order valence-corrected chi connectivity index (χ0v) is 10.3. The quantitative estimate of drug-likeness (QED) is 0.567. The van der Waals surface area contributed by atoms with Gasteiger partial charge in [0.1, 0.15) is 0 Å². The van der Waals surface area contributed by atoms with Gasteiger partial charge in [0.2, 0.25) is 0 Å². The predicted molar refractivity (Wildman–Crippen MR) is 64.7 cm³/mol. The largest absolute Gasteiger partial charge is 0.393 e. The third-order valence-corrected chi connectivity index (χ3v) is 2.81. The van der Waals surface area contributed by atoms with E-state index in [0.717, 1.165) is 18.6 Å². The number of thioether (sulfide) groups is 1. The monoisotopic (exact) mass is 220 g/mol. The van der Waals surface area contributed by atoms with Gasteiger partial charge >= 0.3 is 0 Å². The van der Waals surface area contributed by atoms with E-state index in [1.54, 1.807) is 0 Å². The molecule has 0 aliphatic heterocycles. The molecule has 3 nitrogen and oxygen atoms in total. The first-order valence-corrected chi connectivity index (χ1v) is 6.62. The fourth-order valence-corrected chi connectivity index (χ4v) is 2.03. The number of nitrogens with two attached hydrogens (primary N) is 1. The lowest BCUT2D eigenvalue weighted by Gasteiger charge is -2.22. The maximum atomic E-state index is 9.21. The molecule has 0 fully saturated rings. The van der Waals surface area contributed by atoms with Crippen LogP contribution in [0, 0.1) is 0 Å². The van der Waals surface area contributed by atoms with Crippen molar-refractivity contribution < 1.29 is 5.11 Å². The molecule has 0 heterocycles. The standard InChI is InChI=1S/C10H24N2OS/c1-8(6-9(2)13)12-10(7-11)4-5-14-3/h8-10,12-13H,4-7,11H2,1-3H3. The Morgan fingerprint density at radius 2 is 2.07 bits per heavy atom. The van der Waals surface area contributed by atoms with E-state index in [1.165, 1.54) is 0 Å². The van der Waals surface area contributed by atoms with Gasteiger partial charge < -0.3 is 16.2 Å². The Labute approximate surface area is 91.8 Å². The Bertz CT molecular complexity index is 133. The fraction of sp³-hybridized carbons (Fsp3) is 1.00. The summed E-state index contributed by atoms with van der Waals surface area (Å²) in [4.78, 5) is 0. The number of hydrogen-bond donors (Lipinski definition) is 3. The van der Waals surface area contributed by atoms with E-state index in [2.05, 4.69) is 18.5 Å². The number of aliphatic hydroxyl groups excluding tert-OH is 1. The summed E-state index contributed by atoms with van der Waals surface area (Å²) in [6.07, 6.45) is 3.75. The second-order valence-corrected chi connectivity index (χ2v) is 4.85. The van der Waals surface area contributed by atoms with Crippen LogP contribution in [0.4, 0.5) is 0 Å².